The highest BCUT2D eigenvalue weighted by Crippen LogP contribution is 2.21. The monoisotopic (exact) mass is 259 g/mol. The van der Waals surface area contributed by atoms with E-state index in [1.165, 1.54) is 0 Å². The van der Waals surface area contributed by atoms with Crippen LogP contribution >= 0.6 is 0 Å². The molecular formula is C14H17N3O2. The van der Waals surface area contributed by atoms with Crippen molar-refractivity contribution in [2.24, 2.45) is 0 Å². The van der Waals surface area contributed by atoms with Crippen molar-refractivity contribution in [2.75, 3.05) is 6.54 Å². The Balaban J connectivity index is 2.03. The molecule has 0 atom stereocenters. The standard InChI is InChI=1S/C14H17N3O2/c1-2-7-16-14(18)17-10-11-5-3-8-15-13(11)12-6-4-9-19-12/h3-6,8-9H,2,7,10H2,1H3,(H2,16,17,18). The number of rotatable bonds is 5. The summed E-state index contributed by atoms with van der Waals surface area (Å²) in [5, 5.41) is 5.57. The van der Waals surface area contributed by atoms with Crippen LogP contribution in [0.1, 0.15) is 18.9 Å². The van der Waals surface area contributed by atoms with Gasteiger partial charge >= 0.3 is 6.03 Å². The lowest BCUT2D eigenvalue weighted by Gasteiger charge is -2.09. The number of pyridine rings is 1. The van der Waals surface area contributed by atoms with Crippen molar-refractivity contribution < 1.29 is 9.21 Å². The van der Waals surface area contributed by atoms with Crippen molar-refractivity contribution >= 4 is 6.03 Å². The van der Waals surface area contributed by atoms with Gasteiger partial charge in [0.15, 0.2) is 5.76 Å². The van der Waals surface area contributed by atoms with Crippen molar-refractivity contribution in [3.05, 3.63) is 42.3 Å². The second kappa shape index (κ2) is 6.58. The van der Waals surface area contributed by atoms with Crippen LogP contribution in [0.2, 0.25) is 0 Å². The number of nitrogens with zero attached hydrogens (tertiary/aromatic N) is 1. The first-order chi connectivity index (χ1) is 9.31. The van der Waals surface area contributed by atoms with Crippen molar-refractivity contribution in [1.82, 2.24) is 15.6 Å². The summed E-state index contributed by atoms with van der Waals surface area (Å²) >= 11 is 0. The summed E-state index contributed by atoms with van der Waals surface area (Å²) in [6, 6.07) is 7.26. The van der Waals surface area contributed by atoms with Crippen LogP contribution in [0.3, 0.4) is 0 Å². The van der Waals surface area contributed by atoms with Crippen LogP contribution in [0.15, 0.2) is 41.1 Å². The molecule has 0 unspecified atom stereocenters. The van der Waals surface area contributed by atoms with E-state index in [0.717, 1.165) is 17.7 Å². The largest absolute Gasteiger partial charge is 0.463 e. The summed E-state index contributed by atoms with van der Waals surface area (Å²) in [5.41, 5.74) is 1.67. The molecule has 0 aliphatic carbocycles. The Morgan fingerprint density at radius 1 is 1.32 bits per heavy atom. The molecule has 0 aliphatic rings. The number of furan rings is 1. The average molecular weight is 259 g/mol. The highest BCUT2D eigenvalue weighted by Gasteiger charge is 2.09. The third-order valence-electron chi connectivity index (χ3n) is 2.62. The molecule has 2 aromatic rings. The van der Waals surface area contributed by atoms with E-state index in [-0.39, 0.29) is 6.03 Å². The zero-order chi connectivity index (χ0) is 13.5. The minimum Gasteiger partial charge on any atom is -0.463 e. The number of hydrogen-bond donors (Lipinski definition) is 2. The summed E-state index contributed by atoms with van der Waals surface area (Å²) in [7, 11) is 0. The molecule has 0 saturated heterocycles. The molecule has 0 spiro atoms. The predicted molar refractivity (Wildman–Crippen MR) is 72.5 cm³/mol. The summed E-state index contributed by atoms with van der Waals surface area (Å²) in [6.45, 7) is 3.10. The SMILES string of the molecule is CCCNC(=O)NCc1cccnc1-c1ccco1. The Labute approximate surface area is 112 Å². The molecule has 2 heterocycles. The highest BCUT2D eigenvalue weighted by molar-refractivity contribution is 5.74. The van der Waals surface area contributed by atoms with Crippen molar-refractivity contribution in [2.45, 2.75) is 19.9 Å². The zero-order valence-corrected chi connectivity index (χ0v) is 10.8. The van der Waals surface area contributed by atoms with Gasteiger partial charge in [-0.25, -0.2) is 4.79 Å². The van der Waals surface area contributed by atoms with E-state index in [9.17, 15) is 4.79 Å². The van der Waals surface area contributed by atoms with Gasteiger partial charge in [-0.05, 0) is 24.6 Å². The molecule has 2 N–H and O–H groups in total. The molecule has 0 saturated carbocycles. The normalized spacial score (nSPS) is 10.2. The molecule has 0 fully saturated rings. The van der Waals surface area contributed by atoms with Crippen LogP contribution in [0.5, 0.6) is 0 Å². The maximum atomic E-state index is 11.5. The van der Waals surface area contributed by atoms with E-state index < -0.39 is 0 Å². The van der Waals surface area contributed by atoms with E-state index in [4.69, 9.17) is 4.42 Å². The smallest absolute Gasteiger partial charge is 0.315 e. The summed E-state index contributed by atoms with van der Waals surface area (Å²) in [5.74, 6) is 0.700. The molecule has 2 amide bonds. The van der Waals surface area contributed by atoms with Crippen molar-refractivity contribution in [3.8, 4) is 11.5 Å². The molecule has 0 bridgehead atoms. The predicted octanol–water partition coefficient (Wildman–Crippen LogP) is 2.55. The van der Waals surface area contributed by atoms with Crippen LogP contribution in [0.25, 0.3) is 11.5 Å². The first kappa shape index (κ1) is 13.1. The Bertz CT molecular complexity index is 523. The highest BCUT2D eigenvalue weighted by atomic mass is 16.3. The first-order valence-electron chi connectivity index (χ1n) is 6.30. The fourth-order valence-electron chi connectivity index (χ4n) is 1.69. The fourth-order valence-corrected chi connectivity index (χ4v) is 1.69. The number of carbonyl (C=O) groups excluding carboxylic acids is 1. The zero-order valence-electron chi connectivity index (χ0n) is 10.8. The lowest BCUT2D eigenvalue weighted by atomic mass is 10.1. The maximum absolute atomic E-state index is 11.5. The Kier molecular flexibility index (Phi) is 4.55. The minimum absolute atomic E-state index is 0.170. The number of amides is 2. The number of carbonyl (C=O) groups is 1. The fraction of sp³-hybridized carbons (Fsp3) is 0.286. The van der Waals surface area contributed by atoms with Gasteiger partial charge in [0.25, 0.3) is 0 Å². The molecule has 5 nitrogen and oxygen atoms in total. The molecule has 0 aliphatic heterocycles. The second-order valence-corrected chi connectivity index (χ2v) is 4.10. The molecular weight excluding hydrogens is 242 g/mol. The Morgan fingerprint density at radius 2 is 2.21 bits per heavy atom. The van der Waals surface area contributed by atoms with Gasteiger partial charge in [0.05, 0.1) is 6.26 Å². The minimum atomic E-state index is -0.170. The first-order valence-corrected chi connectivity index (χ1v) is 6.30. The van der Waals surface area contributed by atoms with E-state index >= 15 is 0 Å². The molecule has 0 aromatic carbocycles. The lowest BCUT2D eigenvalue weighted by Crippen LogP contribution is -2.35. The molecule has 100 valence electrons. The molecule has 19 heavy (non-hydrogen) atoms. The van der Waals surface area contributed by atoms with Crippen molar-refractivity contribution in [1.29, 1.82) is 0 Å². The Hall–Kier alpha value is -2.30. The Morgan fingerprint density at radius 3 is 2.95 bits per heavy atom. The van der Waals surface area contributed by atoms with Gasteiger partial charge in [0, 0.05) is 24.8 Å². The number of urea groups is 1. The second-order valence-electron chi connectivity index (χ2n) is 4.10. The van der Waals surface area contributed by atoms with E-state index in [1.54, 1.807) is 12.5 Å². The van der Waals surface area contributed by atoms with Crippen LogP contribution < -0.4 is 10.6 Å². The van der Waals surface area contributed by atoms with Crippen molar-refractivity contribution in [3.63, 3.8) is 0 Å². The van der Waals surface area contributed by atoms with Crippen LogP contribution in [-0.2, 0) is 6.54 Å². The average Bonchev–Trinajstić information content (AvgIpc) is 2.97. The third-order valence-corrected chi connectivity index (χ3v) is 2.62. The molecule has 0 radical (unpaired) electrons. The van der Waals surface area contributed by atoms with Gasteiger partial charge in [-0.1, -0.05) is 13.0 Å². The van der Waals surface area contributed by atoms with Gasteiger partial charge in [0.1, 0.15) is 5.69 Å². The van der Waals surface area contributed by atoms with Crippen LogP contribution in [0, 0.1) is 0 Å². The van der Waals surface area contributed by atoms with Gasteiger partial charge in [0.2, 0.25) is 0 Å². The summed E-state index contributed by atoms with van der Waals surface area (Å²) in [4.78, 5) is 15.8. The lowest BCUT2D eigenvalue weighted by molar-refractivity contribution is 0.240. The van der Waals surface area contributed by atoms with Gasteiger partial charge in [-0.15, -0.1) is 0 Å². The quantitative estimate of drug-likeness (QED) is 0.867. The van der Waals surface area contributed by atoms with E-state index in [1.807, 2.05) is 31.2 Å². The molecule has 5 heteroatoms. The molecule has 2 rings (SSSR count). The molecule has 2 aromatic heterocycles. The number of aromatic nitrogens is 1. The van der Waals surface area contributed by atoms with Gasteiger partial charge in [-0.2, -0.15) is 0 Å². The topological polar surface area (TPSA) is 67.2 Å². The maximum Gasteiger partial charge on any atom is 0.315 e. The summed E-state index contributed by atoms with van der Waals surface area (Å²) < 4.78 is 5.34. The number of hydrogen-bond acceptors (Lipinski definition) is 3. The van der Waals surface area contributed by atoms with Gasteiger partial charge < -0.3 is 15.1 Å². The van der Waals surface area contributed by atoms with Gasteiger partial charge in [-0.3, -0.25) is 4.98 Å². The number of nitrogens with one attached hydrogen (secondary N) is 2. The van der Waals surface area contributed by atoms with Crippen LogP contribution in [0.4, 0.5) is 4.79 Å². The van der Waals surface area contributed by atoms with E-state index in [2.05, 4.69) is 15.6 Å². The van der Waals surface area contributed by atoms with Crippen LogP contribution in [-0.4, -0.2) is 17.6 Å². The summed E-state index contributed by atoms with van der Waals surface area (Å²) in [6.07, 6.45) is 4.23. The van der Waals surface area contributed by atoms with E-state index in [0.29, 0.717) is 18.8 Å². The third kappa shape index (κ3) is 3.58.